The van der Waals surface area contributed by atoms with Crippen LogP contribution in [0.1, 0.15) is 39.5 Å². The molecule has 1 aliphatic carbocycles. The van der Waals surface area contributed by atoms with E-state index in [1.807, 2.05) is 13.8 Å². The van der Waals surface area contributed by atoms with E-state index in [9.17, 15) is 18.0 Å². The minimum absolute atomic E-state index is 0.0109. The van der Waals surface area contributed by atoms with Crippen molar-refractivity contribution in [1.29, 1.82) is 0 Å². The number of sulfone groups is 1. The summed E-state index contributed by atoms with van der Waals surface area (Å²) in [6, 6.07) is -1.19. The summed E-state index contributed by atoms with van der Waals surface area (Å²) in [5, 5.41) is 8.26. The first-order valence-corrected chi connectivity index (χ1v) is 9.70. The summed E-state index contributed by atoms with van der Waals surface area (Å²) in [6.07, 6.45) is 3.18. The summed E-state index contributed by atoms with van der Waals surface area (Å²) < 4.78 is 22.8. The van der Waals surface area contributed by atoms with Gasteiger partial charge in [-0.3, -0.25) is 4.79 Å². The van der Waals surface area contributed by atoms with Crippen LogP contribution < -0.4 is 16.0 Å². The van der Waals surface area contributed by atoms with Crippen molar-refractivity contribution in [2.24, 2.45) is 5.92 Å². The molecule has 1 saturated heterocycles. The number of urea groups is 1. The van der Waals surface area contributed by atoms with Crippen LogP contribution in [0.5, 0.6) is 0 Å². The standard InChI is InChI=1S/C14H25N3O4S/c1-3-9(2)12(13(18)15-10-4-5-10)17-14(19)16-11-6-7-22(20,21)8-11/h9-12H,3-8H2,1-2H3,(H,15,18)(H2,16,17,19)/t9-,11?,12+/m0/s1. The molecule has 22 heavy (non-hydrogen) atoms. The van der Waals surface area contributed by atoms with Crippen LogP contribution >= 0.6 is 0 Å². The predicted octanol–water partition coefficient (Wildman–Crippen LogP) is 0.166. The molecule has 1 aliphatic heterocycles. The zero-order chi connectivity index (χ0) is 16.3. The molecule has 2 rings (SSSR count). The number of amides is 3. The molecule has 126 valence electrons. The molecule has 2 aliphatic rings. The average Bonchev–Trinajstić information content (AvgIpc) is 3.18. The minimum atomic E-state index is -3.04. The third-order valence-corrected chi connectivity index (χ3v) is 6.04. The summed E-state index contributed by atoms with van der Waals surface area (Å²) in [7, 11) is -3.04. The van der Waals surface area contributed by atoms with Gasteiger partial charge in [0.05, 0.1) is 11.5 Å². The number of nitrogens with one attached hydrogen (secondary N) is 3. The Balaban J connectivity index is 1.88. The average molecular weight is 331 g/mol. The van der Waals surface area contributed by atoms with Crippen LogP contribution in [-0.2, 0) is 14.6 Å². The van der Waals surface area contributed by atoms with Crippen LogP contribution in [0.3, 0.4) is 0 Å². The first-order valence-electron chi connectivity index (χ1n) is 7.88. The van der Waals surface area contributed by atoms with Gasteiger partial charge in [0.1, 0.15) is 6.04 Å². The molecule has 3 atom stereocenters. The topological polar surface area (TPSA) is 104 Å². The van der Waals surface area contributed by atoms with Crippen LogP contribution in [-0.4, -0.2) is 50.0 Å². The molecule has 0 aromatic heterocycles. The molecule has 1 unspecified atom stereocenters. The molecule has 0 aromatic rings. The Labute approximate surface area is 131 Å². The first kappa shape index (κ1) is 17.1. The van der Waals surface area contributed by atoms with Crippen LogP contribution in [0.15, 0.2) is 0 Å². The molecule has 7 nitrogen and oxygen atoms in total. The van der Waals surface area contributed by atoms with Gasteiger partial charge >= 0.3 is 6.03 Å². The van der Waals surface area contributed by atoms with E-state index in [1.165, 1.54) is 0 Å². The largest absolute Gasteiger partial charge is 0.352 e. The molecule has 0 aromatic carbocycles. The van der Waals surface area contributed by atoms with Gasteiger partial charge in [-0.2, -0.15) is 0 Å². The van der Waals surface area contributed by atoms with Crippen molar-refractivity contribution < 1.29 is 18.0 Å². The SMILES string of the molecule is CC[C@H](C)[C@@H](NC(=O)NC1CCS(=O)(=O)C1)C(=O)NC1CC1. The molecule has 2 fully saturated rings. The molecule has 0 spiro atoms. The van der Waals surface area contributed by atoms with Gasteiger partial charge in [-0.1, -0.05) is 20.3 Å². The lowest BCUT2D eigenvalue weighted by Crippen LogP contribution is -2.54. The van der Waals surface area contributed by atoms with Crippen molar-refractivity contribution in [3.63, 3.8) is 0 Å². The fourth-order valence-electron chi connectivity index (χ4n) is 2.50. The number of rotatable bonds is 6. The maximum absolute atomic E-state index is 12.2. The maximum Gasteiger partial charge on any atom is 0.315 e. The Kier molecular flexibility index (Phi) is 5.31. The minimum Gasteiger partial charge on any atom is -0.352 e. The van der Waals surface area contributed by atoms with E-state index in [4.69, 9.17) is 0 Å². The summed E-state index contributed by atoms with van der Waals surface area (Å²) in [5.74, 6) is -0.0692. The highest BCUT2D eigenvalue weighted by atomic mass is 32.2. The molecule has 0 bridgehead atoms. The van der Waals surface area contributed by atoms with Crippen molar-refractivity contribution >= 4 is 21.8 Å². The normalized spacial score (nSPS) is 26.0. The highest BCUT2D eigenvalue weighted by molar-refractivity contribution is 7.91. The highest BCUT2D eigenvalue weighted by Gasteiger charge is 2.33. The molecular weight excluding hydrogens is 306 g/mol. The lowest BCUT2D eigenvalue weighted by Gasteiger charge is -2.24. The summed E-state index contributed by atoms with van der Waals surface area (Å²) >= 11 is 0. The van der Waals surface area contributed by atoms with Crippen molar-refractivity contribution in [2.45, 2.75) is 57.7 Å². The smallest absolute Gasteiger partial charge is 0.315 e. The van der Waals surface area contributed by atoms with Gasteiger partial charge in [-0.25, -0.2) is 13.2 Å². The second-order valence-electron chi connectivity index (χ2n) is 6.36. The second-order valence-corrected chi connectivity index (χ2v) is 8.59. The molecule has 1 heterocycles. The van der Waals surface area contributed by atoms with Crippen molar-refractivity contribution in [3.8, 4) is 0 Å². The molecule has 1 saturated carbocycles. The van der Waals surface area contributed by atoms with Crippen molar-refractivity contribution in [3.05, 3.63) is 0 Å². The molecule has 0 radical (unpaired) electrons. The van der Waals surface area contributed by atoms with Gasteiger partial charge in [-0.15, -0.1) is 0 Å². The van der Waals surface area contributed by atoms with E-state index in [0.717, 1.165) is 19.3 Å². The van der Waals surface area contributed by atoms with Gasteiger partial charge in [-0.05, 0) is 25.2 Å². The van der Waals surface area contributed by atoms with Crippen LogP contribution in [0.25, 0.3) is 0 Å². The maximum atomic E-state index is 12.2. The monoisotopic (exact) mass is 331 g/mol. The van der Waals surface area contributed by atoms with Gasteiger partial charge in [0.25, 0.3) is 0 Å². The van der Waals surface area contributed by atoms with Gasteiger partial charge in [0.2, 0.25) is 5.91 Å². The highest BCUT2D eigenvalue weighted by Crippen LogP contribution is 2.19. The van der Waals surface area contributed by atoms with E-state index in [2.05, 4.69) is 16.0 Å². The zero-order valence-electron chi connectivity index (χ0n) is 13.1. The second kappa shape index (κ2) is 6.85. The fourth-order valence-corrected chi connectivity index (χ4v) is 4.17. The Morgan fingerprint density at radius 3 is 2.32 bits per heavy atom. The molecule has 8 heteroatoms. The number of hydrogen-bond donors (Lipinski definition) is 3. The van der Waals surface area contributed by atoms with E-state index in [-0.39, 0.29) is 35.4 Å². The predicted molar refractivity (Wildman–Crippen MR) is 83.1 cm³/mol. The van der Waals surface area contributed by atoms with Crippen LogP contribution in [0.2, 0.25) is 0 Å². The fraction of sp³-hybridized carbons (Fsp3) is 0.857. The molecule has 3 N–H and O–H groups in total. The Morgan fingerprint density at radius 2 is 1.82 bits per heavy atom. The van der Waals surface area contributed by atoms with Gasteiger partial charge in [0, 0.05) is 12.1 Å². The Hall–Kier alpha value is -1.31. The molecule has 3 amide bonds. The lowest BCUT2D eigenvalue weighted by atomic mass is 9.98. The summed E-state index contributed by atoms with van der Waals surface area (Å²) in [5.41, 5.74) is 0. The third-order valence-electron chi connectivity index (χ3n) is 4.27. The molecular formula is C14H25N3O4S. The van der Waals surface area contributed by atoms with Crippen LogP contribution in [0, 0.1) is 5.92 Å². The van der Waals surface area contributed by atoms with Crippen LogP contribution in [0.4, 0.5) is 4.79 Å². The van der Waals surface area contributed by atoms with Gasteiger partial charge in [0.15, 0.2) is 9.84 Å². The lowest BCUT2D eigenvalue weighted by molar-refractivity contribution is -0.124. The number of carbonyl (C=O) groups is 2. The third kappa shape index (κ3) is 4.86. The van der Waals surface area contributed by atoms with Crippen molar-refractivity contribution in [1.82, 2.24) is 16.0 Å². The van der Waals surface area contributed by atoms with E-state index >= 15 is 0 Å². The van der Waals surface area contributed by atoms with Gasteiger partial charge < -0.3 is 16.0 Å². The number of carbonyl (C=O) groups excluding carboxylic acids is 2. The summed E-state index contributed by atoms with van der Waals surface area (Å²) in [4.78, 5) is 24.3. The Morgan fingerprint density at radius 1 is 1.14 bits per heavy atom. The quantitative estimate of drug-likeness (QED) is 0.645. The first-order chi connectivity index (χ1) is 10.3. The van der Waals surface area contributed by atoms with E-state index in [1.54, 1.807) is 0 Å². The number of hydrogen-bond acceptors (Lipinski definition) is 4. The van der Waals surface area contributed by atoms with E-state index in [0.29, 0.717) is 6.42 Å². The Bertz CT molecular complexity index is 530. The van der Waals surface area contributed by atoms with E-state index < -0.39 is 21.9 Å². The van der Waals surface area contributed by atoms with Crippen molar-refractivity contribution in [2.75, 3.05) is 11.5 Å². The summed E-state index contributed by atoms with van der Waals surface area (Å²) in [6.45, 7) is 3.88. The zero-order valence-corrected chi connectivity index (χ0v) is 13.9.